The molecule has 0 unspecified atom stereocenters. The Balaban J connectivity index is 1.59. The van der Waals surface area contributed by atoms with Gasteiger partial charge in [0, 0.05) is 5.56 Å². The van der Waals surface area contributed by atoms with E-state index in [0.29, 0.717) is 28.8 Å². The van der Waals surface area contributed by atoms with E-state index in [4.69, 9.17) is 16.3 Å². The summed E-state index contributed by atoms with van der Waals surface area (Å²) in [7, 11) is 0. The van der Waals surface area contributed by atoms with E-state index in [2.05, 4.69) is 5.32 Å². The number of anilines is 2. The van der Waals surface area contributed by atoms with Crippen LogP contribution in [0.4, 0.5) is 11.4 Å². The van der Waals surface area contributed by atoms with Crippen LogP contribution in [0, 0.1) is 6.92 Å². The van der Waals surface area contributed by atoms with Crippen LogP contribution in [0.1, 0.15) is 43.6 Å². The van der Waals surface area contributed by atoms with Gasteiger partial charge in [0.1, 0.15) is 5.75 Å². The number of rotatable bonds is 5. The molecule has 4 rings (SSSR count). The van der Waals surface area contributed by atoms with E-state index in [1.807, 2.05) is 19.9 Å². The van der Waals surface area contributed by atoms with Gasteiger partial charge in [-0.1, -0.05) is 17.7 Å². The number of aryl methyl sites for hydroxylation is 1. The van der Waals surface area contributed by atoms with Crippen LogP contribution >= 0.6 is 11.6 Å². The van der Waals surface area contributed by atoms with Crippen LogP contribution in [-0.2, 0) is 0 Å². The van der Waals surface area contributed by atoms with E-state index in [1.54, 1.807) is 36.4 Å². The Morgan fingerprint density at radius 1 is 0.968 bits per heavy atom. The smallest absolute Gasteiger partial charge is 0.266 e. The molecule has 0 aromatic heterocycles. The number of fused-ring (bicyclic) bond motifs is 1. The molecule has 1 heterocycles. The van der Waals surface area contributed by atoms with E-state index in [1.165, 1.54) is 18.2 Å². The average Bonchev–Trinajstić information content (AvgIpc) is 3.01. The van der Waals surface area contributed by atoms with Crippen molar-refractivity contribution in [3.05, 3.63) is 87.9 Å². The number of halogens is 1. The van der Waals surface area contributed by atoms with E-state index >= 15 is 0 Å². The van der Waals surface area contributed by atoms with Gasteiger partial charge in [-0.2, -0.15) is 0 Å². The normalized spacial score (nSPS) is 12.7. The summed E-state index contributed by atoms with van der Waals surface area (Å²) < 4.78 is 5.40. The first kappa shape index (κ1) is 20.6. The number of hydrogen-bond acceptors (Lipinski definition) is 4. The quantitative estimate of drug-likeness (QED) is 0.567. The van der Waals surface area contributed by atoms with Crippen LogP contribution < -0.4 is 15.0 Å². The van der Waals surface area contributed by atoms with Crippen molar-refractivity contribution in [2.24, 2.45) is 0 Å². The fraction of sp³-hybridized carbons (Fsp3) is 0.125. The molecule has 1 aliphatic rings. The molecule has 3 aromatic rings. The fourth-order valence-corrected chi connectivity index (χ4v) is 3.67. The zero-order chi connectivity index (χ0) is 22.1. The highest BCUT2D eigenvalue weighted by molar-refractivity contribution is 6.35. The summed E-state index contributed by atoms with van der Waals surface area (Å²) in [4.78, 5) is 39.6. The van der Waals surface area contributed by atoms with Gasteiger partial charge in [-0.3, -0.25) is 14.4 Å². The minimum Gasteiger partial charge on any atom is -0.494 e. The highest BCUT2D eigenvalue weighted by Crippen LogP contribution is 2.31. The molecular weight excluding hydrogens is 416 g/mol. The molecule has 3 aromatic carbocycles. The lowest BCUT2D eigenvalue weighted by atomic mass is 10.1. The Morgan fingerprint density at radius 2 is 1.68 bits per heavy atom. The van der Waals surface area contributed by atoms with Gasteiger partial charge in [-0.25, -0.2) is 4.90 Å². The summed E-state index contributed by atoms with van der Waals surface area (Å²) in [5.41, 5.74) is 2.57. The third-order valence-electron chi connectivity index (χ3n) is 4.93. The Morgan fingerprint density at radius 3 is 2.35 bits per heavy atom. The van der Waals surface area contributed by atoms with Crippen LogP contribution in [0.5, 0.6) is 5.75 Å². The molecule has 0 bridgehead atoms. The highest BCUT2D eigenvalue weighted by atomic mass is 35.5. The van der Waals surface area contributed by atoms with Crippen LogP contribution in [-0.4, -0.2) is 24.3 Å². The molecule has 1 N–H and O–H groups in total. The van der Waals surface area contributed by atoms with Crippen molar-refractivity contribution >= 4 is 40.7 Å². The third-order valence-corrected chi connectivity index (χ3v) is 5.24. The standard InChI is InChI=1S/C24H19ClN2O4/c1-3-31-17-8-6-16(7-9-17)27-23(29)18-10-5-15(13-19(18)24(27)30)22(28)26-21-11-4-14(2)12-20(21)25/h4-13H,3H2,1-2H3,(H,26,28). The van der Waals surface area contributed by atoms with Crippen molar-refractivity contribution < 1.29 is 19.1 Å². The number of imide groups is 1. The Hall–Kier alpha value is -3.64. The summed E-state index contributed by atoms with van der Waals surface area (Å²) in [6.45, 7) is 4.29. The highest BCUT2D eigenvalue weighted by Gasteiger charge is 2.37. The van der Waals surface area contributed by atoms with Crippen molar-refractivity contribution in [3.63, 3.8) is 0 Å². The maximum atomic E-state index is 13.0. The van der Waals surface area contributed by atoms with Gasteiger partial charge < -0.3 is 10.1 Å². The number of nitrogens with one attached hydrogen (secondary N) is 1. The zero-order valence-electron chi connectivity index (χ0n) is 16.9. The van der Waals surface area contributed by atoms with Crippen molar-refractivity contribution in [1.82, 2.24) is 0 Å². The average molecular weight is 435 g/mol. The number of hydrogen-bond donors (Lipinski definition) is 1. The molecule has 0 atom stereocenters. The molecular formula is C24H19ClN2O4. The SMILES string of the molecule is CCOc1ccc(N2C(=O)c3ccc(C(=O)Nc4ccc(C)cc4Cl)cc3C2=O)cc1. The zero-order valence-corrected chi connectivity index (χ0v) is 17.7. The number of carbonyl (C=O) groups excluding carboxylic acids is 3. The van der Waals surface area contributed by atoms with Crippen LogP contribution in [0.2, 0.25) is 5.02 Å². The van der Waals surface area contributed by atoms with E-state index in [9.17, 15) is 14.4 Å². The Kier molecular flexibility index (Phi) is 5.48. The minimum absolute atomic E-state index is 0.182. The first-order valence-electron chi connectivity index (χ1n) is 9.72. The molecule has 0 saturated carbocycles. The molecule has 0 radical (unpaired) electrons. The van der Waals surface area contributed by atoms with Gasteiger partial charge in [0.25, 0.3) is 17.7 Å². The van der Waals surface area contributed by atoms with E-state index < -0.39 is 17.7 Å². The lowest BCUT2D eigenvalue weighted by Gasteiger charge is -2.14. The molecule has 6 nitrogen and oxygen atoms in total. The minimum atomic E-state index is -0.479. The number of benzene rings is 3. The second kappa shape index (κ2) is 8.24. The van der Waals surface area contributed by atoms with Crippen molar-refractivity contribution in [2.45, 2.75) is 13.8 Å². The Bertz CT molecular complexity index is 1200. The summed E-state index contributed by atoms with van der Waals surface area (Å²) in [6, 6.07) is 16.4. The maximum Gasteiger partial charge on any atom is 0.266 e. The van der Waals surface area contributed by atoms with Crippen LogP contribution in [0.25, 0.3) is 0 Å². The summed E-state index contributed by atoms with van der Waals surface area (Å²) in [5.74, 6) is -0.685. The van der Waals surface area contributed by atoms with Gasteiger partial charge >= 0.3 is 0 Å². The van der Waals surface area contributed by atoms with Gasteiger partial charge in [0.15, 0.2) is 0 Å². The van der Waals surface area contributed by atoms with E-state index in [-0.39, 0.29) is 16.7 Å². The number of carbonyl (C=O) groups is 3. The molecule has 31 heavy (non-hydrogen) atoms. The predicted molar refractivity (Wildman–Crippen MR) is 119 cm³/mol. The summed E-state index contributed by atoms with van der Waals surface area (Å²) >= 11 is 6.19. The van der Waals surface area contributed by atoms with E-state index in [0.717, 1.165) is 10.5 Å². The second-order valence-corrected chi connectivity index (χ2v) is 7.48. The predicted octanol–water partition coefficient (Wildman–Crippen LogP) is 5.10. The number of amides is 3. The molecule has 7 heteroatoms. The molecule has 0 spiro atoms. The molecule has 3 amide bonds. The maximum absolute atomic E-state index is 13.0. The molecule has 1 aliphatic heterocycles. The molecule has 156 valence electrons. The fourth-order valence-electron chi connectivity index (χ4n) is 3.39. The lowest BCUT2D eigenvalue weighted by molar-refractivity contribution is 0.0925. The van der Waals surface area contributed by atoms with Gasteiger partial charge in [0.2, 0.25) is 0 Å². The lowest BCUT2D eigenvalue weighted by Crippen LogP contribution is -2.29. The molecule has 0 aliphatic carbocycles. The molecule has 0 saturated heterocycles. The summed E-state index contributed by atoms with van der Waals surface area (Å²) in [5, 5.41) is 3.16. The number of nitrogens with zero attached hydrogens (tertiary/aromatic N) is 1. The van der Waals surface area contributed by atoms with Crippen LogP contribution in [0.3, 0.4) is 0 Å². The van der Waals surface area contributed by atoms with Gasteiger partial charge in [-0.15, -0.1) is 0 Å². The van der Waals surface area contributed by atoms with Gasteiger partial charge in [0.05, 0.1) is 34.1 Å². The third kappa shape index (κ3) is 3.90. The topological polar surface area (TPSA) is 75.7 Å². The number of ether oxygens (including phenoxy) is 1. The van der Waals surface area contributed by atoms with Gasteiger partial charge in [-0.05, 0) is 74.0 Å². The van der Waals surface area contributed by atoms with Crippen molar-refractivity contribution in [2.75, 3.05) is 16.8 Å². The second-order valence-electron chi connectivity index (χ2n) is 7.07. The van der Waals surface area contributed by atoms with Crippen LogP contribution in [0.15, 0.2) is 60.7 Å². The van der Waals surface area contributed by atoms with Crippen molar-refractivity contribution in [1.29, 1.82) is 0 Å². The monoisotopic (exact) mass is 434 g/mol. The Labute approximate surface area is 184 Å². The first-order valence-corrected chi connectivity index (χ1v) is 10.1. The summed E-state index contributed by atoms with van der Waals surface area (Å²) in [6.07, 6.45) is 0. The largest absolute Gasteiger partial charge is 0.494 e. The van der Waals surface area contributed by atoms with Crippen molar-refractivity contribution in [3.8, 4) is 5.75 Å². The molecule has 0 fully saturated rings. The first-order chi connectivity index (χ1) is 14.9.